The molecule has 0 bridgehead atoms. The Morgan fingerprint density at radius 1 is 0.811 bits per heavy atom. The maximum Gasteiger partial charge on any atom is 0.223 e. The van der Waals surface area contributed by atoms with Gasteiger partial charge in [-0.2, -0.15) is 0 Å². The summed E-state index contributed by atoms with van der Waals surface area (Å²) in [7, 11) is 1.50. The van der Waals surface area contributed by atoms with Crippen molar-refractivity contribution >= 4 is 11.8 Å². The number of nitrogens with one attached hydrogen (secondary N) is 2. The third kappa shape index (κ3) is 6.86. The molecule has 0 aromatic heterocycles. The Balaban J connectivity index is 1.85. The topological polar surface area (TPSA) is 206 Å². The second-order valence-corrected chi connectivity index (χ2v) is 8.77. The van der Waals surface area contributed by atoms with Crippen LogP contribution in [0.2, 0.25) is 0 Å². The van der Waals surface area contributed by atoms with E-state index in [4.69, 9.17) is 23.7 Å². The molecule has 2 heterocycles. The van der Waals surface area contributed by atoms with Gasteiger partial charge >= 0.3 is 0 Å². The van der Waals surface area contributed by atoms with E-state index in [1.165, 1.54) is 21.0 Å². The van der Waals surface area contributed by atoms with E-state index in [-0.39, 0.29) is 0 Å². The van der Waals surface area contributed by atoms with Crippen molar-refractivity contribution < 1.29 is 58.8 Å². The lowest BCUT2D eigenvalue weighted by molar-refractivity contribution is -0.325. The van der Waals surface area contributed by atoms with Crippen molar-refractivity contribution in [1.29, 1.82) is 0 Å². The van der Waals surface area contributed by atoms with E-state index < -0.39 is 86.3 Å². The van der Waals surface area contributed by atoms with Crippen molar-refractivity contribution in [2.75, 3.05) is 20.3 Å². The van der Waals surface area contributed by atoms with Crippen LogP contribution < -0.4 is 20.1 Å². The first-order chi connectivity index (χ1) is 17.6. The van der Waals surface area contributed by atoms with E-state index in [9.17, 15) is 35.1 Å². The Morgan fingerprint density at radius 3 is 1.84 bits per heavy atom. The van der Waals surface area contributed by atoms with Crippen LogP contribution in [0.1, 0.15) is 13.8 Å². The molecule has 0 aliphatic carbocycles. The van der Waals surface area contributed by atoms with Gasteiger partial charge in [0.2, 0.25) is 18.1 Å². The Labute approximate surface area is 213 Å². The summed E-state index contributed by atoms with van der Waals surface area (Å²) in [5.41, 5.74) is 0. The molecule has 7 N–H and O–H groups in total. The molecule has 0 unspecified atom stereocenters. The first-order valence-corrected chi connectivity index (χ1v) is 11.7. The summed E-state index contributed by atoms with van der Waals surface area (Å²) in [5, 5.41) is 56.5. The number of hydrogen-bond acceptors (Lipinski definition) is 12. The molecule has 2 amide bonds. The van der Waals surface area contributed by atoms with Crippen LogP contribution in [0.4, 0.5) is 0 Å². The maximum absolute atomic E-state index is 11.9. The third-order valence-electron chi connectivity index (χ3n) is 6.08. The van der Waals surface area contributed by atoms with Gasteiger partial charge in [0.1, 0.15) is 60.2 Å². The quantitative estimate of drug-likeness (QED) is 0.170. The zero-order valence-electron chi connectivity index (χ0n) is 20.6. The van der Waals surface area contributed by atoms with Crippen molar-refractivity contribution in [3.8, 4) is 11.5 Å². The van der Waals surface area contributed by atoms with E-state index in [0.717, 1.165) is 0 Å². The van der Waals surface area contributed by atoms with Gasteiger partial charge in [-0.1, -0.05) is 0 Å². The molecule has 0 spiro atoms. The molecule has 1 aromatic rings. The Morgan fingerprint density at radius 2 is 1.32 bits per heavy atom. The van der Waals surface area contributed by atoms with Gasteiger partial charge in [-0.3, -0.25) is 9.59 Å². The first-order valence-electron chi connectivity index (χ1n) is 11.7. The summed E-state index contributed by atoms with van der Waals surface area (Å²) in [6, 6.07) is 3.97. The van der Waals surface area contributed by atoms with Crippen LogP contribution in [0, 0.1) is 0 Å². The number of carbonyl (C=O) groups is 2. The second kappa shape index (κ2) is 12.8. The molecular weight excluding hydrogens is 496 g/mol. The average molecular weight is 531 g/mol. The third-order valence-corrected chi connectivity index (χ3v) is 6.08. The minimum atomic E-state index is -1.59. The van der Waals surface area contributed by atoms with Crippen LogP contribution in [0.3, 0.4) is 0 Å². The Kier molecular flexibility index (Phi) is 10.0. The summed E-state index contributed by atoms with van der Waals surface area (Å²) >= 11 is 0. The number of rotatable bonds is 9. The van der Waals surface area contributed by atoms with Crippen molar-refractivity contribution in [1.82, 2.24) is 10.6 Å². The number of carbonyl (C=O) groups excluding carboxylic acids is 2. The number of amides is 2. The summed E-state index contributed by atoms with van der Waals surface area (Å²) in [5.74, 6) is -0.180. The monoisotopic (exact) mass is 530 g/mol. The molecule has 37 heavy (non-hydrogen) atoms. The predicted molar refractivity (Wildman–Crippen MR) is 123 cm³/mol. The van der Waals surface area contributed by atoms with Crippen LogP contribution in [0.5, 0.6) is 11.5 Å². The number of aliphatic hydroxyl groups is 5. The molecule has 14 heteroatoms. The fourth-order valence-electron chi connectivity index (χ4n) is 4.25. The van der Waals surface area contributed by atoms with Gasteiger partial charge in [0.15, 0.2) is 6.29 Å². The lowest BCUT2D eigenvalue weighted by Crippen LogP contribution is -2.69. The van der Waals surface area contributed by atoms with E-state index in [1.54, 1.807) is 24.3 Å². The number of ether oxygens (including phenoxy) is 5. The molecule has 2 fully saturated rings. The molecule has 2 aliphatic heterocycles. The number of methoxy groups -OCH3 is 1. The molecule has 0 saturated carbocycles. The van der Waals surface area contributed by atoms with Crippen LogP contribution >= 0.6 is 0 Å². The summed E-state index contributed by atoms with van der Waals surface area (Å²) < 4.78 is 28.2. The van der Waals surface area contributed by atoms with Gasteiger partial charge in [0.05, 0.1) is 20.3 Å². The standard InChI is InChI=1S/C23H34N2O12/c1-10(28)24-16-19(31)18(30)14(8-26)35-23(16)37-21-15(9-27)36-22(17(20(21)32)25-11(2)29)34-13-6-4-12(33-3)5-7-13/h4-7,14-23,26-27,30-32H,8-9H2,1-3H3,(H,24,28)(H,25,29)/t14-,15-,16-,17-,18-,19+,20+,21+,22+,23-/m0/s1. The largest absolute Gasteiger partial charge is 0.497 e. The molecule has 2 aliphatic rings. The average Bonchev–Trinajstić information content (AvgIpc) is 2.87. The van der Waals surface area contributed by atoms with Gasteiger partial charge in [0, 0.05) is 13.8 Å². The number of hydrogen-bond donors (Lipinski definition) is 7. The molecule has 10 atom stereocenters. The molecule has 3 rings (SSSR count). The van der Waals surface area contributed by atoms with Gasteiger partial charge in [0.25, 0.3) is 0 Å². The highest BCUT2D eigenvalue weighted by Crippen LogP contribution is 2.31. The van der Waals surface area contributed by atoms with Gasteiger partial charge in [-0.05, 0) is 24.3 Å². The Bertz CT molecular complexity index is 902. The summed E-state index contributed by atoms with van der Waals surface area (Å²) in [4.78, 5) is 23.6. The highest BCUT2D eigenvalue weighted by Gasteiger charge is 2.52. The van der Waals surface area contributed by atoms with Crippen LogP contribution in [-0.4, -0.2) is 119 Å². The highest BCUT2D eigenvalue weighted by molar-refractivity contribution is 5.73. The molecular formula is C23H34N2O12. The molecule has 14 nitrogen and oxygen atoms in total. The van der Waals surface area contributed by atoms with E-state index >= 15 is 0 Å². The van der Waals surface area contributed by atoms with E-state index in [2.05, 4.69) is 10.6 Å². The lowest BCUT2D eigenvalue weighted by atomic mass is 9.94. The van der Waals surface area contributed by atoms with Crippen molar-refractivity contribution in [3.63, 3.8) is 0 Å². The molecule has 0 radical (unpaired) electrons. The summed E-state index contributed by atoms with van der Waals surface area (Å²) in [6.07, 6.45) is -11.2. The SMILES string of the molecule is COc1ccc(O[C@@H]2O[C@@H](CO)[C@@H](O[C@@H]3O[C@@H](CO)[C@H](O)[C@H](O)[C@@H]3NC(C)=O)[C@H](O)[C@@H]2NC(C)=O)cc1. The fourth-order valence-corrected chi connectivity index (χ4v) is 4.25. The van der Waals surface area contributed by atoms with Gasteiger partial charge in [-0.15, -0.1) is 0 Å². The Hall–Kier alpha value is -2.56. The van der Waals surface area contributed by atoms with Gasteiger partial charge in [-0.25, -0.2) is 0 Å². The minimum absolute atomic E-state index is 0.327. The van der Waals surface area contributed by atoms with Crippen molar-refractivity contribution in [2.24, 2.45) is 0 Å². The fraction of sp³-hybridized carbons (Fsp3) is 0.652. The van der Waals surface area contributed by atoms with Crippen LogP contribution in [-0.2, 0) is 23.8 Å². The molecule has 208 valence electrons. The van der Waals surface area contributed by atoms with E-state index in [1.807, 2.05) is 0 Å². The normalized spacial score (nSPS) is 35.9. The maximum atomic E-state index is 11.9. The van der Waals surface area contributed by atoms with Gasteiger partial charge < -0.3 is 59.9 Å². The zero-order valence-corrected chi connectivity index (χ0v) is 20.6. The second-order valence-electron chi connectivity index (χ2n) is 8.77. The van der Waals surface area contributed by atoms with Crippen molar-refractivity contribution in [3.05, 3.63) is 24.3 Å². The highest BCUT2D eigenvalue weighted by atomic mass is 16.7. The smallest absolute Gasteiger partial charge is 0.223 e. The molecule has 2 saturated heterocycles. The van der Waals surface area contributed by atoms with Crippen molar-refractivity contribution in [2.45, 2.75) is 75.1 Å². The molecule has 1 aromatic carbocycles. The summed E-state index contributed by atoms with van der Waals surface area (Å²) in [6.45, 7) is 1.08. The number of benzene rings is 1. The van der Waals surface area contributed by atoms with E-state index in [0.29, 0.717) is 11.5 Å². The lowest BCUT2D eigenvalue weighted by Gasteiger charge is -2.48. The van der Waals surface area contributed by atoms with Crippen LogP contribution in [0.15, 0.2) is 24.3 Å². The van der Waals surface area contributed by atoms with Crippen LogP contribution in [0.25, 0.3) is 0 Å². The number of aliphatic hydroxyl groups excluding tert-OH is 5. The predicted octanol–water partition coefficient (Wildman–Crippen LogP) is -3.01. The zero-order chi connectivity index (χ0) is 27.3. The first kappa shape index (κ1) is 29.0. The minimum Gasteiger partial charge on any atom is -0.497 e.